The Morgan fingerprint density at radius 1 is 0.826 bits per heavy atom. The Bertz CT molecular complexity index is 392. The first kappa shape index (κ1) is 21.5. The molecule has 0 aliphatic rings. The maximum atomic E-state index is 2.58. The number of hydrogen-bond donors (Lipinski definition) is 0. The summed E-state index contributed by atoms with van der Waals surface area (Å²) in [6.07, 6.45) is 5.58. The van der Waals surface area contributed by atoms with Crippen molar-refractivity contribution in [3.05, 3.63) is 29.8 Å². The fraction of sp³-hybridized carbons (Fsp3) is 0.667. The van der Waals surface area contributed by atoms with Gasteiger partial charge < -0.3 is 4.90 Å². The van der Waals surface area contributed by atoms with Gasteiger partial charge in [0.25, 0.3) is 0 Å². The molecule has 0 N–H and O–H groups in total. The molecule has 0 amide bonds. The van der Waals surface area contributed by atoms with Crippen LogP contribution >= 0.6 is 47.0 Å². The molecule has 0 radical (unpaired) electrons. The number of anilines is 1. The fourth-order valence-corrected chi connectivity index (χ4v) is 4.94. The van der Waals surface area contributed by atoms with Gasteiger partial charge in [0.05, 0.1) is 0 Å². The van der Waals surface area contributed by atoms with Gasteiger partial charge in [0.1, 0.15) is 0 Å². The predicted molar refractivity (Wildman–Crippen MR) is 119 cm³/mol. The molecule has 0 heterocycles. The minimum Gasteiger partial charge on any atom is -0.370 e. The summed E-state index contributed by atoms with van der Waals surface area (Å²) in [6, 6.07) is 9.02. The van der Waals surface area contributed by atoms with E-state index < -0.39 is 0 Å². The second-order valence-corrected chi connectivity index (χ2v) is 9.75. The van der Waals surface area contributed by atoms with Crippen LogP contribution in [0.25, 0.3) is 0 Å². The highest BCUT2D eigenvalue weighted by molar-refractivity contribution is 8.02. The topological polar surface area (TPSA) is 3.24 Å². The SMILES string of the molecule is CCSCCSCCc1ccccc1N(CCSC)CCSC. The van der Waals surface area contributed by atoms with Crippen molar-refractivity contribution in [2.75, 3.05) is 65.0 Å². The highest BCUT2D eigenvalue weighted by Crippen LogP contribution is 2.23. The average Bonchev–Trinajstić information content (AvgIpc) is 2.59. The lowest BCUT2D eigenvalue weighted by atomic mass is 10.1. The first-order valence-corrected chi connectivity index (χ1v) is 13.4. The van der Waals surface area contributed by atoms with Gasteiger partial charge >= 0.3 is 0 Å². The Morgan fingerprint density at radius 2 is 1.48 bits per heavy atom. The van der Waals surface area contributed by atoms with Crippen molar-refractivity contribution in [1.82, 2.24) is 0 Å². The molecule has 0 bridgehead atoms. The number of rotatable bonds is 14. The fourth-order valence-electron chi connectivity index (χ4n) is 2.33. The average molecular weight is 390 g/mol. The zero-order valence-electron chi connectivity index (χ0n) is 14.8. The molecule has 0 aromatic heterocycles. The molecule has 1 aromatic rings. The van der Waals surface area contributed by atoms with Crippen LogP contribution < -0.4 is 4.90 Å². The molecule has 0 saturated heterocycles. The Balaban J connectivity index is 2.57. The molecule has 0 aliphatic heterocycles. The van der Waals surface area contributed by atoms with Gasteiger partial charge in [-0.2, -0.15) is 47.0 Å². The first-order valence-electron chi connectivity index (χ1n) is 8.29. The summed E-state index contributed by atoms with van der Waals surface area (Å²) < 4.78 is 0. The molecule has 23 heavy (non-hydrogen) atoms. The number of aryl methyl sites for hydroxylation is 1. The quantitative estimate of drug-likeness (QED) is 0.399. The van der Waals surface area contributed by atoms with E-state index >= 15 is 0 Å². The Hall–Kier alpha value is 0.420. The van der Waals surface area contributed by atoms with Crippen molar-refractivity contribution in [1.29, 1.82) is 0 Å². The summed E-state index contributed by atoms with van der Waals surface area (Å²) in [5.74, 6) is 7.44. The molecule has 0 unspecified atom stereocenters. The second kappa shape index (κ2) is 14.7. The first-order chi connectivity index (χ1) is 11.3. The van der Waals surface area contributed by atoms with Crippen LogP contribution in [0.15, 0.2) is 24.3 Å². The molecule has 0 fully saturated rings. The van der Waals surface area contributed by atoms with E-state index in [1.54, 1.807) is 0 Å². The van der Waals surface area contributed by atoms with Crippen LogP contribution in [-0.4, -0.2) is 60.1 Å². The van der Waals surface area contributed by atoms with Crippen LogP contribution in [0.1, 0.15) is 12.5 Å². The number of hydrogen-bond acceptors (Lipinski definition) is 5. The summed E-state index contributed by atoms with van der Waals surface area (Å²) in [7, 11) is 0. The second-order valence-electron chi connectivity index (χ2n) is 5.16. The minimum atomic E-state index is 1.15. The van der Waals surface area contributed by atoms with Crippen LogP contribution in [0.5, 0.6) is 0 Å². The summed E-state index contributed by atoms with van der Waals surface area (Å²) >= 11 is 8.02. The van der Waals surface area contributed by atoms with E-state index in [1.165, 1.54) is 52.2 Å². The smallest absolute Gasteiger partial charge is 0.0399 e. The maximum Gasteiger partial charge on any atom is 0.0399 e. The van der Waals surface area contributed by atoms with Gasteiger partial charge in [0, 0.05) is 41.8 Å². The molecule has 0 spiro atoms. The Labute approximate surface area is 160 Å². The Kier molecular flexibility index (Phi) is 13.8. The van der Waals surface area contributed by atoms with Gasteiger partial charge in [0.15, 0.2) is 0 Å². The molecule has 1 nitrogen and oxygen atoms in total. The predicted octanol–water partition coefficient (Wildman–Crippen LogP) is 5.25. The third-order valence-electron chi connectivity index (χ3n) is 3.55. The maximum absolute atomic E-state index is 2.58. The van der Waals surface area contributed by atoms with Crippen LogP contribution in [0.2, 0.25) is 0 Å². The Morgan fingerprint density at radius 3 is 2.13 bits per heavy atom. The van der Waals surface area contributed by atoms with E-state index in [4.69, 9.17) is 0 Å². The van der Waals surface area contributed by atoms with Crippen molar-refractivity contribution in [3.8, 4) is 0 Å². The number of nitrogens with zero attached hydrogens (tertiary/aromatic N) is 1. The number of thioether (sulfide) groups is 4. The monoisotopic (exact) mass is 389 g/mol. The van der Waals surface area contributed by atoms with Crippen molar-refractivity contribution in [2.45, 2.75) is 13.3 Å². The van der Waals surface area contributed by atoms with E-state index in [1.807, 2.05) is 35.3 Å². The highest BCUT2D eigenvalue weighted by Gasteiger charge is 2.10. The minimum absolute atomic E-state index is 1.15. The van der Waals surface area contributed by atoms with E-state index in [2.05, 4.69) is 60.4 Å². The van der Waals surface area contributed by atoms with Crippen LogP contribution in [0.3, 0.4) is 0 Å². The van der Waals surface area contributed by atoms with Gasteiger partial charge in [-0.3, -0.25) is 0 Å². The number of para-hydroxylation sites is 1. The molecular formula is C18H31NS4. The normalized spacial score (nSPS) is 10.9. The zero-order valence-corrected chi connectivity index (χ0v) is 18.0. The summed E-state index contributed by atoms with van der Waals surface area (Å²) in [4.78, 5) is 2.58. The van der Waals surface area contributed by atoms with Gasteiger partial charge in [0.2, 0.25) is 0 Å². The van der Waals surface area contributed by atoms with Gasteiger partial charge in [-0.25, -0.2) is 0 Å². The standard InChI is InChI=1S/C18H31NS4/c1-4-22-15-16-23-12-9-17-7-5-6-8-18(17)19(10-13-20-2)11-14-21-3/h5-8H,4,9-16H2,1-3H3. The van der Waals surface area contributed by atoms with Gasteiger partial charge in [-0.05, 0) is 42.1 Å². The van der Waals surface area contributed by atoms with Gasteiger partial charge in [-0.15, -0.1) is 0 Å². The van der Waals surface area contributed by atoms with Crippen LogP contribution in [0.4, 0.5) is 5.69 Å². The summed E-state index contributed by atoms with van der Waals surface area (Å²) in [5, 5.41) is 0. The molecule has 1 rings (SSSR count). The summed E-state index contributed by atoms with van der Waals surface area (Å²) in [6.45, 7) is 4.54. The van der Waals surface area contributed by atoms with Crippen molar-refractivity contribution >= 4 is 52.7 Å². The molecule has 132 valence electrons. The molecule has 1 aromatic carbocycles. The largest absolute Gasteiger partial charge is 0.370 e. The van der Waals surface area contributed by atoms with Crippen molar-refractivity contribution in [3.63, 3.8) is 0 Å². The number of benzene rings is 1. The third-order valence-corrected chi connectivity index (χ3v) is 6.88. The summed E-state index contributed by atoms with van der Waals surface area (Å²) in [5.41, 5.74) is 2.98. The lowest BCUT2D eigenvalue weighted by Crippen LogP contribution is -2.29. The molecule has 0 aliphatic carbocycles. The zero-order chi connectivity index (χ0) is 16.8. The molecule has 0 saturated carbocycles. The third kappa shape index (κ3) is 9.47. The van der Waals surface area contributed by atoms with Crippen molar-refractivity contribution in [2.24, 2.45) is 0 Å². The van der Waals surface area contributed by atoms with Crippen LogP contribution in [-0.2, 0) is 6.42 Å². The molecule has 5 heteroatoms. The highest BCUT2D eigenvalue weighted by atomic mass is 32.2. The van der Waals surface area contributed by atoms with E-state index in [9.17, 15) is 0 Å². The van der Waals surface area contributed by atoms with Crippen LogP contribution in [0, 0.1) is 0 Å². The molecular weight excluding hydrogens is 358 g/mol. The molecule has 0 atom stereocenters. The van der Waals surface area contributed by atoms with Gasteiger partial charge in [-0.1, -0.05) is 25.1 Å². The van der Waals surface area contributed by atoms with E-state index in [-0.39, 0.29) is 0 Å². The lowest BCUT2D eigenvalue weighted by molar-refractivity contribution is 0.869. The lowest BCUT2D eigenvalue weighted by Gasteiger charge is -2.27. The van der Waals surface area contributed by atoms with E-state index in [0.717, 1.165) is 13.1 Å². The van der Waals surface area contributed by atoms with Crippen molar-refractivity contribution < 1.29 is 0 Å². The van der Waals surface area contributed by atoms with E-state index in [0.29, 0.717) is 0 Å².